The number of nitrogens with zero attached hydrogens (tertiary/aromatic N) is 2. The van der Waals surface area contributed by atoms with Crippen LogP contribution in [-0.2, 0) is 9.47 Å². The van der Waals surface area contributed by atoms with Crippen LogP contribution in [0.1, 0.15) is 42.6 Å². The van der Waals surface area contributed by atoms with Crippen LogP contribution in [-0.4, -0.2) is 35.7 Å². The van der Waals surface area contributed by atoms with Crippen molar-refractivity contribution in [2.75, 3.05) is 13.2 Å². The smallest absolute Gasteiger partial charge is 0.328 e. The molecule has 0 bridgehead atoms. The monoisotopic (exact) mass is 355 g/mol. The van der Waals surface area contributed by atoms with Crippen molar-refractivity contribution in [2.24, 2.45) is 0 Å². The Morgan fingerprint density at radius 3 is 2.50 bits per heavy atom. The zero-order valence-electron chi connectivity index (χ0n) is 15.5. The number of amides is 1. The minimum absolute atomic E-state index is 0.235. The molecule has 0 saturated heterocycles. The molecule has 1 N–H and O–H groups in total. The Bertz CT molecular complexity index is 744. The summed E-state index contributed by atoms with van der Waals surface area (Å²) >= 11 is 0. The Morgan fingerprint density at radius 1 is 1.19 bits per heavy atom. The van der Waals surface area contributed by atoms with Crippen LogP contribution in [0.3, 0.4) is 0 Å². The molecule has 0 aliphatic heterocycles. The molecule has 2 rings (SSSR count). The molecule has 0 heterocycles. The maximum absolute atomic E-state index is 12.6. The quantitative estimate of drug-likeness (QED) is 0.573. The molecule has 1 aliphatic rings. The summed E-state index contributed by atoms with van der Waals surface area (Å²) in [6.45, 7) is 6.96. The van der Waals surface area contributed by atoms with E-state index in [0.29, 0.717) is 35.9 Å². The van der Waals surface area contributed by atoms with Gasteiger partial charge in [-0.2, -0.15) is 4.79 Å². The van der Waals surface area contributed by atoms with Gasteiger partial charge in [0.1, 0.15) is 5.76 Å². The zero-order chi connectivity index (χ0) is 18.9. The predicted octanol–water partition coefficient (Wildman–Crippen LogP) is 3.40. The van der Waals surface area contributed by atoms with E-state index in [1.165, 1.54) is 0 Å². The van der Waals surface area contributed by atoms with Gasteiger partial charge in [0.15, 0.2) is 6.10 Å². The third-order valence-electron chi connectivity index (χ3n) is 3.79. The highest BCUT2D eigenvalue weighted by atomic mass is 16.5. The molecular weight excluding hydrogens is 330 g/mol. The van der Waals surface area contributed by atoms with Crippen LogP contribution in [0, 0.1) is 6.92 Å². The number of hydrogen-bond acceptors (Lipinski definition) is 3. The Kier molecular flexibility index (Phi) is 7.33. The van der Waals surface area contributed by atoms with Gasteiger partial charge in [0.25, 0.3) is 5.91 Å². The SMILES string of the molecule is CCCOC1=CC(=[N+]=[N-])C(OCCC)C=C1NC(=O)c1ccc(C)cc1. The number of aryl methyl sites for hydroxylation is 1. The van der Waals surface area contributed by atoms with Gasteiger partial charge in [-0.05, 0) is 38.0 Å². The van der Waals surface area contributed by atoms with Crippen LogP contribution < -0.4 is 5.32 Å². The largest absolute Gasteiger partial charge is 0.491 e. The Balaban J connectivity index is 2.25. The van der Waals surface area contributed by atoms with Crippen molar-refractivity contribution < 1.29 is 19.1 Å². The molecule has 0 aromatic heterocycles. The molecule has 1 aromatic carbocycles. The second-order valence-corrected chi connectivity index (χ2v) is 6.07. The standard InChI is InChI=1S/C20H25N3O3/c1-4-10-25-18-13-17(23-21)19(26-11-5-2)12-16(18)22-20(24)15-8-6-14(3)7-9-15/h6-9,12-13,19H,4-5,10-11H2,1-3H3,(H,22,24). The van der Waals surface area contributed by atoms with Crippen LogP contribution in [0.15, 0.2) is 47.9 Å². The van der Waals surface area contributed by atoms with Gasteiger partial charge >= 0.3 is 5.71 Å². The maximum Gasteiger partial charge on any atom is 0.328 e. The minimum atomic E-state index is -0.540. The van der Waals surface area contributed by atoms with E-state index in [2.05, 4.69) is 10.1 Å². The number of ether oxygens (including phenoxy) is 2. The average molecular weight is 355 g/mol. The minimum Gasteiger partial charge on any atom is -0.491 e. The number of carbonyl (C=O) groups is 1. The molecule has 0 fully saturated rings. The lowest BCUT2D eigenvalue weighted by molar-refractivity contribution is -0.0232. The molecule has 6 heteroatoms. The van der Waals surface area contributed by atoms with E-state index >= 15 is 0 Å². The molecule has 1 aromatic rings. The Labute approximate surface area is 154 Å². The lowest BCUT2D eigenvalue weighted by Gasteiger charge is -2.20. The van der Waals surface area contributed by atoms with Gasteiger partial charge in [0.2, 0.25) is 0 Å². The number of nitrogens with one attached hydrogen (secondary N) is 1. The molecule has 138 valence electrons. The number of hydrogen-bond donors (Lipinski definition) is 1. The van der Waals surface area contributed by atoms with Crippen molar-refractivity contribution in [3.05, 3.63) is 64.5 Å². The maximum atomic E-state index is 12.6. The van der Waals surface area contributed by atoms with Gasteiger partial charge in [-0.3, -0.25) is 4.79 Å². The summed E-state index contributed by atoms with van der Waals surface area (Å²) in [4.78, 5) is 15.9. The molecule has 0 radical (unpaired) electrons. The lowest BCUT2D eigenvalue weighted by Crippen LogP contribution is -2.33. The first-order valence-electron chi connectivity index (χ1n) is 8.87. The van der Waals surface area contributed by atoms with Crippen LogP contribution in [0.5, 0.6) is 0 Å². The van der Waals surface area contributed by atoms with Gasteiger partial charge in [0.05, 0.1) is 18.4 Å². The Morgan fingerprint density at radius 2 is 1.88 bits per heavy atom. The topological polar surface area (TPSA) is 84.0 Å². The van der Waals surface area contributed by atoms with Crippen molar-refractivity contribution >= 4 is 11.6 Å². The molecule has 1 aliphatic carbocycles. The summed E-state index contributed by atoms with van der Waals surface area (Å²) in [6.07, 6.45) is 4.42. The van der Waals surface area contributed by atoms with Crippen molar-refractivity contribution in [1.29, 1.82) is 0 Å². The molecule has 0 spiro atoms. The van der Waals surface area contributed by atoms with Crippen LogP contribution >= 0.6 is 0 Å². The Hall–Kier alpha value is -2.69. The first-order valence-corrected chi connectivity index (χ1v) is 8.87. The van der Waals surface area contributed by atoms with Gasteiger partial charge in [-0.15, -0.1) is 0 Å². The molecule has 26 heavy (non-hydrogen) atoms. The van der Waals surface area contributed by atoms with Crippen LogP contribution in [0.25, 0.3) is 5.53 Å². The highest BCUT2D eigenvalue weighted by Gasteiger charge is 2.29. The van der Waals surface area contributed by atoms with E-state index < -0.39 is 6.10 Å². The summed E-state index contributed by atoms with van der Waals surface area (Å²) in [5, 5.41) is 2.88. The third-order valence-corrected chi connectivity index (χ3v) is 3.79. The lowest BCUT2D eigenvalue weighted by atomic mass is 10.0. The molecule has 1 amide bonds. The van der Waals surface area contributed by atoms with Gasteiger partial charge in [-0.1, -0.05) is 31.5 Å². The average Bonchev–Trinajstić information content (AvgIpc) is 2.65. The summed E-state index contributed by atoms with van der Waals surface area (Å²) in [5.74, 6) is 0.220. The predicted molar refractivity (Wildman–Crippen MR) is 99.7 cm³/mol. The van der Waals surface area contributed by atoms with E-state index in [-0.39, 0.29) is 5.91 Å². The van der Waals surface area contributed by atoms with Gasteiger partial charge < -0.3 is 20.3 Å². The number of benzene rings is 1. The third kappa shape index (κ3) is 5.15. The first kappa shape index (κ1) is 19.6. The second-order valence-electron chi connectivity index (χ2n) is 6.07. The molecular formula is C20H25N3O3. The van der Waals surface area contributed by atoms with Crippen LogP contribution in [0.2, 0.25) is 0 Å². The van der Waals surface area contributed by atoms with Crippen molar-refractivity contribution in [3.8, 4) is 0 Å². The van der Waals surface area contributed by atoms with Crippen molar-refractivity contribution in [3.63, 3.8) is 0 Å². The second kappa shape index (κ2) is 9.70. The van der Waals surface area contributed by atoms with Gasteiger partial charge in [0, 0.05) is 12.2 Å². The molecule has 0 saturated carbocycles. The normalized spacial score (nSPS) is 16.4. The number of carbonyl (C=O) groups excluding carboxylic acids is 1. The molecule has 1 atom stereocenters. The summed E-state index contributed by atoms with van der Waals surface area (Å²) in [7, 11) is 0. The van der Waals surface area contributed by atoms with Crippen molar-refractivity contribution in [1.82, 2.24) is 5.32 Å². The highest BCUT2D eigenvalue weighted by molar-refractivity contribution is 6.00. The summed E-state index contributed by atoms with van der Waals surface area (Å²) in [5.41, 5.74) is 11.8. The highest BCUT2D eigenvalue weighted by Crippen LogP contribution is 2.19. The van der Waals surface area contributed by atoms with Gasteiger partial charge in [-0.25, -0.2) is 0 Å². The fourth-order valence-corrected chi connectivity index (χ4v) is 2.41. The van der Waals surface area contributed by atoms with Crippen LogP contribution in [0.4, 0.5) is 0 Å². The molecule has 6 nitrogen and oxygen atoms in total. The summed E-state index contributed by atoms with van der Waals surface area (Å²) < 4.78 is 11.4. The van der Waals surface area contributed by atoms with E-state index in [1.807, 2.05) is 32.9 Å². The van der Waals surface area contributed by atoms with E-state index in [1.54, 1.807) is 24.3 Å². The van der Waals surface area contributed by atoms with E-state index in [0.717, 1.165) is 18.4 Å². The van der Waals surface area contributed by atoms with Crippen molar-refractivity contribution in [2.45, 2.75) is 39.7 Å². The fraction of sp³-hybridized carbons (Fsp3) is 0.400. The van der Waals surface area contributed by atoms with E-state index in [4.69, 9.17) is 9.47 Å². The fourth-order valence-electron chi connectivity index (χ4n) is 2.41. The van der Waals surface area contributed by atoms with E-state index in [9.17, 15) is 10.3 Å². The first-order chi connectivity index (χ1) is 12.6. The summed E-state index contributed by atoms with van der Waals surface area (Å²) in [6, 6.07) is 7.32. The molecule has 1 unspecified atom stereocenters. The number of rotatable bonds is 8. The zero-order valence-corrected chi connectivity index (χ0v) is 15.5.